The Morgan fingerprint density at radius 1 is 0.909 bits per heavy atom. The van der Waals surface area contributed by atoms with Gasteiger partial charge >= 0.3 is 0 Å². The molecule has 0 spiro atoms. The van der Waals surface area contributed by atoms with E-state index in [0.717, 1.165) is 25.2 Å². The molecule has 0 aromatic heterocycles. The van der Waals surface area contributed by atoms with Crippen LogP contribution in [-0.2, 0) is 0 Å². The summed E-state index contributed by atoms with van der Waals surface area (Å²) in [6.45, 7) is 4.66. The first-order valence-electron chi connectivity index (χ1n) is 9.39. The fourth-order valence-electron chi connectivity index (χ4n) is 7.25. The number of aliphatic hydroxyl groups is 3. The minimum Gasteiger partial charge on any atom is -0.393 e. The van der Waals surface area contributed by atoms with Gasteiger partial charge in [0.2, 0.25) is 0 Å². The van der Waals surface area contributed by atoms with Crippen molar-refractivity contribution in [1.29, 1.82) is 0 Å². The predicted molar refractivity (Wildman–Crippen MR) is 85.2 cm³/mol. The van der Waals surface area contributed by atoms with E-state index in [4.69, 9.17) is 0 Å². The van der Waals surface area contributed by atoms with Crippen LogP contribution in [0, 0.1) is 28.6 Å². The van der Waals surface area contributed by atoms with Crippen molar-refractivity contribution in [3.05, 3.63) is 0 Å². The molecule has 4 aliphatic carbocycles. The van der Waals surface area contributed by atoms with Crippen LogP contribution >= 0.6 is 0 Å². The first kappa shape index (κ1) is 15.4. The van der Waals surface area contributed by atoms with Crippen LogP contribution in [0.1, 0.15) is 71.6 Å². The van der Waals surface area contributed by atoms with E-state index in [2.05, 4.69) is 13.8 Å². The summed E-state index contributed by atoms with van der Waals surface area (Å²) in [7, 11) is 0. The quantitative estimate of drug-likeness (QED) is 0.645. The lowest BCUT2D eigenvalue weighted by Gasteiger charge is -2.65. The molecule has 4 saturated carbocycles. The molecule has 0 aromatic rings. The van der Waals surface area contributed by atoms with E-state index in [1.165, 1.54) is 32.1 Å². The summed E-state index contributed by atoms with van der Waals surface area (Å²) < 4.78 is 0. The molecule has 0 aliphatic heterocycles. The van der Waals surface area contributed by atoms with E-state index >= 15 is 0 Å². The lowest BCUT2D eigenvalue weighted by atomic mass is 9.43. The average Bonchev–Trinajstić information content (AvgIpc) is 2.84. The molecule has 0 amide bonds. The summed E-state index contributed by atoms with van der Waals surface area (Å²) in [5.41, 5.74) is -0.836. The van der Waals surface area contributed by atoms with Crippen molar-refractivity contribution < 1.29 is 15.3 Å². The van der Waals surface area contributed by atoms with Gasteiger partial charge in [-0.05, 0) is 68.1 Å². The SMILES string of the molecule is C[C@@]12CCC[C@H]1[C@@H]1C[C@@H](O)C3(O)C[C@@H](O)CC[C@]3(C)[C@H]1CC2. The Hall–Kier alpha value is -0.120. The molecule has 22 heavy (non-hydrogen) atoms. The van der Waals surface area contributed by atoms with E-state index < -0.39 is 17.8 Å². The van der Waals surface area contributed by atoms with Crippen molar-refractivity contribution in [2.24, 2.45) is 28.6 Å². The lowest BCUT2D eigenvalue weighted by molar-refractivity contribution is -0.263. The highest BCUT2D eigenvalue weighted by molar-refractivity contribution is 5.16. The van der Waals surface area contributed by atoms with E-state index in [9.17, 15) is 15.3 Å². The molecule has 4 aliphatic rings. The second kappa shape index (κ2) is 4.70. The van der Waals surface area contributed by atoms with Crippen LogP contribution in [0.25, 0.3) is 0 Å². The van der Waals surface area contributed by atoms with Crippen molar-refractivity contribution >= 4 is 0 Å². The van der Waals surface area contributed by atoms with Crippen LogP contribution in [0.4, 0.5) is 0 Å². The summed E-state index contributed by atoms with van der Waals surface area (Å²) >= 11 is 0. The Kier molecular flexibility index (Phi) is 3.30. The maximum Gasteiger partial charge on any atom is 0.0985 e. The first-order chi connectivity index (χ1) is 10.3. The average molecular weight is 308 g/mol. The van der Waals surface area contributed by atoms with Gasteiger partial charge in [-0.15, -0.1) is 0 Å². The zero-order valence-electron chi connectivity index (χ0n) is 14.1. The summed E-state index contributed by atoms with van der Waals surface area (Å²) in [4.78, 5) is 0. The van der Waals surface area contributed by atoms with Gasteiger partial charge in [0.05, 0.1) is 17.8 Å². The Morgan fingerprint density at radius 3 is 2.45 bits per heavy atom. The van der Waals surface area contributed by atoms with Gasteiger partial charge < -0.3 is 15.3 Å². The predicted octanol–water partition coefficient (Wildman–Crippen LogP) is 2.87. The molecule has 3 N–H and O–H groups in total. The molecule has 0 aromatic carbocycles. The number of hydrogen-bond donors (Lipinski definition) is 3. The molecule has 3 nitrogen and oxygen atoms in total. The fourth-order valence-corrected chi connectivity index (χ4v) is 7.25. The van der Waals surface area contributed by atoms with Gasteiger partial charge in [0.25, 0.3) is 0 Å². The molecule has 4 rings (SSSR count). The van der Waals surface area contributed by atoms with E-state index in [1.54, 1.807) is 0 Å². The van der Waals surface area contributed by atoms with Crippen LogP contribution in [-0.4, -0.2) is 33.1 Å². The van der Waals surface area contributed by atoms with E-state index in [0.29, 0.717) is 23.7 Å². The van der Waals surface area contributed by atoms with Crippen molar-refractivity contribution in [2.75, 3.05) is 0 Å². The first-order valence-corrected chi connectivity index (χ1v) is 9.39. The van der Waals surface area contributed by atoms with Gasteiger partial charge in [-0.3, -0.25) is 0 Å². The zero-order valence-corrected chi connectivity index (χ0v) is 14.1. The number of hydrogen-bond acceptors (Lipinski definition) is 3. The highest BCUT2D eigenvalue weighted by Gasteiger charge is 2.66. The van der Waals surface area contributed by atoms with Crippen LogP contribution in [0.5, 0.6) is 0 Å². The number of fused-ring (bicyclic) bond motifs is 5. The van der Waals surface area contributed by atoms with E-state index in [1.807, 2.05) is 0 Å². The molecule has 0 saturated heterocycles. The molecule has 0 heterocycles. The van der Waals surface area contributed by atoms with Crippen molar-refractivity contribution in [3.63, 3.8) is 0 Å². The highest BCUT2D eigenvalue weighted by Crippen LogP contribution is 2.67. The van der Waals surface area contributed by atoms with Crippen LogP contribution < -0.4 is 0 Å². The van der Waals surface area contributed by atoms with E-state index in [-0.39, 0.29) is 5.41 Å². The Bertz CT molecular complexity index is 466. The molecule has 0 bridgehead atoms. The van der Waals surface area contributed by atoms with Gasteiger partial charge in [-0.1, -0.05) is 20.3 Å². The van der Waals surface area contributed by atoms with Crippen LogP contribution in [0.3, 0.4) is 0 Å². The third-order valence-corrected chi connectivity index (χ3v) is 8.62. The number of aliphatic hydroxyl groups excluding tert-OH is 2. The molecule has 126 valence electrons. The summed E-state index contributed by atoms with van der Waals surface area (Å²) in [6.07, 6.45) is 8.06. The monoisotopic (exact) mass is 308 g/mol. The second-order valence-electron chi connectivity index (χ2n) is 9.45. The molecule has 1 unspecified atom stereocenters. The third kappa shape index (κ3) is 1.79. The van der Waals surface area contributed by atoms with Gasteiger partial charge in [0, 0.05) is 11.8 Å². The topological polar surface area (TPSA) is 60.7 Å². The van der Waals surface area contributed by atoms with Gasteiger partial charge in [-0.2, -0.15) is 0 Å². The Labute approximate surface area is 134 Å². The van der Waals surface area contributed by atoms with Gasteiger partial charge in [0.15, 0.2) is 0 Å². The Balaban J connectivity index is 1.71. The number of rotatable bonds is 0. The molecule has 0 radical (unpaired) electrons. The Morgan fingerprint density at radius 2 is 1.68 bits per heavy atom. The fraction of sp³-hybridized carbons (Fsp3) is 1.00. The molecular weight excluding hydrogens is 276 g/mol. The van der Waals surface area contributed by atoms with Gasteiger partial charge in [-0.25, -0.2) is 0 Å². The lowest BCUT2D eigenvalue weighted by Crippen LogP contribution is -2.68. The molecule has 4 fully saturated rings. The standard InChI is InChI=1S/C19H32O3/c1-17-7-3-4-14(17)13-10-16(21)19(22)11-12(20)5-9-18(19,2)15(13)6-8-17/h12-16,20-22H,3-11H2,1-2H3/t12-,13-,14-,15-,16+,17-,18+,19?/m0/s1. The largest absolute Gasteiger partial charge is 0.393 e. The summed E-state index contributed by atoms with van der Waals surface area (Å²) in [5.74, 6) is 1.82. The second-order valence-corrected chi connectivity index (χ2v) is 9.45. The summed E-state index contributed by atoms with van der Waals surface area (Å²) in [5, 5.41) is 32.2. The van der Waals surface area contributed by atoms with Crippen LogP contribution in [0.2, 0.25) is 0 Å². The van der Waals surface area contributed by atoms with Crippen molar-refractivity contribution in [3.8, 4) is 0 Å². The highest BCUT2D eigenvalue weighted by atomic mass is 16.3. The minimum absolute atomic E-state index is 0.224. The normalized spacial score (nSPS) is 61.2. The maximum absolute atomic E-state index is 11.3. The van der Waals surface area contributed by atoms with Crippen molar-refractivity contribution in [1.82, 2.24) is 0 Å². The van der Waals surface area contributed by atoms with Crippen LogP contribution in [0.15, 0.2) is 0 Å². The molecule has 8 atom stereocenters. The third-order valence-electron chi connectivity index (χ3n) is 8.62. The van der Waals surface area contributed by atoms with Gasteiger partial charge in [0.1, 0.15) is 0 Å². The molecule has 3 heteroatoms. The maximum atomic E-state index is 11.3. The van der Waals surface area contributed by atoms with Crippen molar-refractivity contribution in [2.45, 2.75) is 89.4 Å². The smallest absolute Gasteiger partial charge is 0.0985 e. The molecular formula is C19H32O3. The summed E-state index contributed by atoms with van der Waals surface area (Å²) in [6, 6.07) is 0. The minimum atomic E-state index is -1.09. The zero-order chi connectivity index (χ0) is 15.8.